The van der Waals surface area contributed by atoms with Gasteiger partial charge < -0.3 is 4.90 Å². The molecule has 3 nitrogen and oxygen atoms in total. The molecule has 0 aliphatic carbocycles. The van der Waals surface area contributed by atoms with Crippen molar-refractivity contribution in [3.8, 4) is 11.3 Å². The summed E-state index contributed by atoms with van der Waals surface area (Å²) in [6.07, 6.45) is 2.08. The highest BCUT2D eigenvalue weighted by Crippen LogP contribution is 2.40. The Kier molecular flexibility index (Phi) is 6.36. The van der Waals surface area contributed by atoms with Gasteiger partial charge in [-0.05, 0) is 61.2 Å². The van der Waals surface area contributed by atoms with Crippen LogP contribution in [0, 0.1) is 12.7 Å². The Morgan fingerprint density at radius 3 is 2.45 bits per heavy atom. The van der Waals surface area contributed by atoms with E-state index in [2.05, 4.69) is 77.6 Å². The summed E-state index contributed by atoms with van der Waals surface area (Å²) in [4.78, 5) is 2.55. The third-order valence-electron chi connectivity index (χ3n) is 6.89. The first-order chi connectivity index (χ1) is 16.2. The number of hydrogen-bond donors (Lipinski definition) is 1. The second-order valence-corrected chi connectivity index (χ2v) is 9.16. The first-order valence-electron chi connectivity index (χ1n) is 11.8. The van der Waals surface area contributed by atoms with Crippen LogP contribution in [0.15, 0.2) is 84.9 Å². The Bertz CT molecular complexity index is 1170. The number of H-pyrrole nitrogens is 1. The Labute approximate surface area is 195 Å². The van der Waals surface area contributed by atoms with Gasteiger partial charge in [-0.25, -0.2) is 4.39 Å². The lowest BCUT2D eigenvalue weighted by Gasteiger charge is -2.38. The van der Waals surface area contributed by atoms with Gasteiger partial charge in [-0.2, -0.15) is 5.10 Å². The summed E-state index contributed by atoms with van der Waals surface area (Å²) >= 11 is 0. The average molecular weight is 440 g/mol. The maximum absolute atomic E-state index is 13.7. The number of halogens is 1. The van der Waals surface area contributed by atoms with Crippen LogP contribution in [-0.4, -0.2) is 34.7 Å². The Balaban J connectivity index is 1.37. The van der Waals surface area contributed by atoms with E-state index < -0.39 is 0 Å². The zero-order valence-electron chi connectivity index (χ0n) is 19.0. The third kappa shape index (κ3) is 5.07. The minimum absolute atomic E-state index is 0.187. The predicted molar refractivity (Wildman–Crippen MR) is 132 cm³/mol. The highest BCUT2D eigenvalue weighted by Gasteiger charge is 2.33. The molecule has 2 heterocycles. The highest BCUT2D eigenvalue weighted by molar-refractivity contribution is 5.60. The Morgan fingerprint density at radius 1 is 0.939 bits per heavy atom. The first kappa shape index (κ1) is 21.6. The summed E-state index contributed by atoms with van der Waals surface area (Å²) in [6, 6.07) is 28.4. The molecule has 3 aromatic carbocycles. The number of piperidine rings is 1. The molecule has 1 saturated heterocycles. The van der Waals surface area contributed by atoms with Gasteiger partial charge in [0.25, 0.3) is 0 Å². The molecular formula is C29H30FN3. The Morgan fingerprint density at radius 2 is 1.70 bits per heavy atom. The first-order valence-corrected chi connectivity index (χ1v) is 11.8. The van der Waals surface area contributed by atoms with Crippen LogP contribution in [-0.2, 0) is 6.42 Å². The van der Waals surface area contributed by atoms with Crippen molar-refractivity contribution in [3.63, 3.8) is 0 Å². The number of rotatable bonds is 6. The number of nitrogens with one attached hydrogen (secondary N) is 1. The fraction of sp³-hybridized carbons (Fsp3) is 0.276. The molecule has 2 atom stereocenters. The van der Waals surface area contributed by atoms with Gasteiger partial charge in [0.05, 0.1) is 11.4 Å². The molecule has 1 aliphatic heterocycles. The zero-order valence-corrected chi connectivity index (χ0v) is 19.0. The van der Waals surface area contributed by atoms with Crippen LogP contribution < -0.4 is 0 Å². The van der Waals surface area contributed by atoms with E-state index >= 15 is 0 Å². The smallest absolute Gasteiger partial charge is 0.123 e. The fourth-order valence-corrected chi connectivity index (χ4v) is 4.96. The van der Waals surface area contributed by atoms with Gasteiger partial charge in [0, 0.05) is 24.9 Å². The lowest BCUT2D eigenvalue weighted by molar-refractivity contribution is 0.189. The van der Waals surface area contributed by atoms with Crippen LogP contribution in [0.25, 0.3) is 11.3 Å². The largest absolute Gasteiger partial charge is 0.302 e. The number of nitrogens with zero attached hydrogens (tertiary/aromatic N) is 2. The molecule has 4 heteroatoms. The molecule has 0 spiro atoms. The van der Waals surface area contributed by atoms with E-state index in [1.807, 2.05) is 12.1 Å². The quantitative estimate of drug-likeness (QED) is 0.380. The summed E-state index contributed by atoms with van der Waals surface area (Å²) in [7, 11) is 0. The van der Waals surface area contributed by atoms with Crippen LogP contribution >= 0.6 is 0 Å². The summed E-state index contributed by atoms with van der Waals surface area (Å²) in [5.74, 6) is 0.400. The van der Waals surface area contributed by atoms with Crippen LogP contribution in [0.5, 0.6) is 0 Å². The molecule has 5 rings (SSSR count). The average Bonchev–Trinajstić information content (AvgIpc) is 3.34. The second-order valence-electron chi connectivity index (χ2n) is 9.16. The SMILES string of the molecule is Cc1ccc(-c2cc([C@H]3CCN(CCc4ccccc4)C[C@@H]3c3ccc(F)cc3)n[nH]2)cc1. The maximum atomic E-state index is 13.7. The third-order valence-corrected chi connectivity index (χ3v) is 6.89. The zero-order chi connectivity index (χ0) is 22.6. The second kappa shape index (κ2) is 9.72. The topological polar surface area (TPSA) is 31.9 Å². The molecule has 33 heavy (non-hydrogen) atoms. The molecule has 0 saturated carbocycles. The molecule has 4 aromatic rings. The number of aromatic amines is 1. The Hall–Kier alpha value is -3.24. The highest BCUT2D eigenvalue weighted by atomic mass is 19.1. The van der Waals surface area contributed by atoms with Crippen molar-refractivity contribution in [1.29, 1.82) is 0 Å². The predicted octanol–water partition coefficient (Wildman–Crippen LogP) is 6.34. The minimum atomic E-state index is -0.187. The maximum Gasteiger partial charge on any atom is 0.123 e. The van der Waals surface area contributed by atoms with Crippen molar-refractivity contribution in [2.24, 2.45) is 0 Å². The van der Waals surface area contributed by atoms with Crippen molar-refractivity contribution >= 4 is 0 Å². The van der Waals surface area contributed by atoms with Gasteiger partial charge in [-0.1, -0.05) is 72.3 Å². The molecule has 1 aliphatic rings. The number of benzene rings is 3. The number of hydrogen-bond acceptors (Lipinski definition) is 2. The molecule has 0 amide bonds. The molecule has 168 valence electrons. The molecule has 1 N–H and O–H groups in total. The molecule has 1 aromatic heterocycles. The van der Waals surface area contributed by atoms with Gasteiger partial charge in [0.2, 0.25) is 0 Å². The minimum Gasteiger partial charge on any atom is -0.302 e. The van der Waals surface area contributed by atoms with E-state index in [0.717, 1.165) is 49.4 Å². The summed E-state index contributed by atoms with van der Waals surface area (Å²) < 4.78 is 13.7. The van der Waals surface area contributed by atoms with Gasteiger partial charge >= 0.3 is 0 Å². The van der Waals surface area contributed by atoms with E-state index in [-0.39, 0.29) is 11.7 Å². The van der Waals surface area contributed by atoms with Crippen LogP contribution in [0.3, 0.4) is 0 Å². The summed E-state index contributed by atoms with van der Waals surface area (Å²) in [5, 5.41) is 7.99. The molecule has 0 unspecified atom stereocenters. The van der Waals surface area contributed by atoms with Crippen molar-refractivity contribution in [2.75, 3.05) is 19.6 Å². The van der Waals surface area contributed by atoms with Crippen molar-refractivity contribution in [2.45, 2.75) is 31.6 Å². The number of aryl methyl sites for hydroxylation is 1. The molecule has 0 bridgehead atoms. The standard InChI is InChI=1S/C29H30FN3/c1-21-7-9-24(10-8-21)28-19-29(32-31-28)26-16-18-33(17-15-22-5-3-2-4-6-22)20-27(26)23-11-13-25(30)14-12-23/h2-14,19,26-27H,15-18,20H2,1H3,(H,31,32)/t26-,27+/m0/s1. The molecular weight excluding hydrogens is 409 g/mol. The van der Waals surface area contributed by atoms with Gasteiger partial charge in [0.1, 0.15) is 5.82 Å². The van der Waals surface area contributed by atoms with Gasteiger partial charge in [-0.15, -0.1) is 0 Å². The van der Waals surface area contributed by atoms with E-state index in [0.29, 0.717) is 5.92 Å². The lowest BCUT2D eigenvalue weighted by atomic mass is 9.78. The van der Waals surface area contributed by atoms with Crippen molar-refractivity contribution in [3.05, 3.63) is 113 Å². The molecule has 0 radical (unpaired) electrons. The lowest BCUT2D eigenvalue weighted by Crippen LogP contribution is -2.39. The summed E-state index contributed by atoms with van der Waals surface area (Å²) in [6.45, 7) is 5.13. The van der Waals surface area contributed by atoms with Crippen LogP contribution in [0.4, 0.5) is 4.39 Å². The van der Waals surface area contributed by atoms with Crippen molar-refractivity contribution in [1.82, 2.24) is 15.1 Å². The fourth-order valence-electron chi connectivity index (χ4n) is 4.96. The van der Waals surface area contributed by atoms with E-state index in [4.69, 9.17) is 5.10 Å². The van der Waals surface area contributed by atoms with Crippen molar-refractivity contribution < 1.29 is 4.39 Å². The van der Waals surface area contributed by atoms with E-state index in [1.54, 1.807) is 12.1 Å². The van der Waals surface area contributed by atoms with E-state index in [1.165, 1.54) is 16.7 Å². The number of likely N-dealkylation sites (tertiary alicyclic amines) is 1. The number of aromatic nitrogens is 2. The molecule has 1 fully saturated rings. The summed E-state index contributed by atoms with van der Waals surface area (Å²) in [5.41, 5.74) is 7.10. The van der Waals surface area contributed by atoms with Gasteiger partial charge in [-0.3, -0.25) is 5.10 Å². The van der Waals surface area contributed by atoms with Crippen LogP contribution in [0.2, 0.25) is 0 Å². The van der Waals surface area contributed by atoms with Crippen LogP contribution in [0.1, 0.15) is 40.6 Å². The van der Waals surface area contributed by atoms with E-state index in [9.17, 15) is 4.39 Å². The monoisotopic (exact) mass is 439 g/mol. The normalized spacial score (nSPS) is 19.0. The van der Waals surface area contributed by atoms with Gasteiger partial charge in [0.15, 0.2) is 0 Å².